The fourth-order valence-corrected chi connectivity index (χ4v) is 2.26. The molecule has 2 heterocycles. The van der Waals surface area contributed by atoms with Crippen molar-refractivity contribution in [2.75, 3.05) is 46.8 Å². The third-order valence-corrected chi connectivity index (χ3v) is 3.81. The van der Waals surface area contributed by atoms with Crippen molar-refractivity contribution in [3.8, 4) is 0 Å². The molecule has 2 rings (SSSR count). The molecule has 0 bridgehead atoms. The van der Waals surface area contributed by atoms with Gasteiger partial charge < -0.3 is 14.7 Å². The Kier molecular flexibility index (Phi) is 5.27. The molecule has 1 aromatic rings. The molecule has 1 fully saturated rings. The summed E-state index contributed by atoms with van der Waals surface area (Å²) in [5.74, 6) is -0.811. The summed E-state index contributed by atoms with van der Waals surface area (Å²) in [6.07, 6.45) is 4.18. The molecule has 0 spiro atoms. The molecule has 6 heteroatoms. The summed E-state index contributed by atoms with van der Waals surface area (Å²) in [5, 5.41) is 0. The van der Waals surface area contributed by atoms with E-state index in [-0.39, 0.29) is 5.91 Å². The van der Waals surface area contributed by atoms with Crippen LogP contribution in [-0.2, 0) is 16.0 Å². The zero-order valence-electron chi connectivity index (χ0n) is 12.7. The highest BCUT2D eigenvalue weighted by molar-refractivity contribution is 6.34. The second kappa shape index (κ2) is 7.17. The summed E-state index contributed by atoms with van der Waals surface area (Å²) in [6.45, 7) is 3.42. The first-order valence-corrected chi connectivity index (χ1v) is 7.19. The van der Waals surface area contributed by atoms with Gasteiger partial charge in [-0.3, -0.25) is 14.6 Å². The molecule has 0 saturated carbocycles. The van der Waals surface area contributed by atoms with E-state index in [1.54, 1.807) is 24.3 Å². The van der Waals surface area contributed by atoms with Gasteiger partial charge in [0.05, 0.1) is 0 Å². The SMILES string of the molecule is CN1CCN(C(=O)C(=O)N(C)CCc2ccncc2)CC1. The number of likely N-dealkylation sites (N-methyl/N-ethyl adjacent to an activating group) is 2. The standard InChI is InChI=1S/C15H22N4O2/c1-17-9-11-19(12-10-17)15(21)14(20)18(2)8-5-13-3-6-16-7-4-13/h3-4,6-7H,5,8-12H2,1-2H3. The van der Waals surface area contributed by atoms with E-state index in [9.17, 15) is 9.59 Å². The lowest BCUT2D eigenvalue weighted by molar-refractivity contribution is -0.151. The van der Waals surface area contributed by atoms with Crippen LogP contribution in [0, 0.1) is 0 Å². The molecule has 0 atom stereocenters. The maximum Gasteiger partial charge on any atom is 0.312 e. The Morgan fingerprint density at radius 2 is 1.81 bits per heavy atom. The lowest BCUT2D eigenvalue weighted by Crippen LogP contribution is -2.52. The third-order valence-electron chi connectivity index (χ3n) is 3.81. The molecule has 0 aliphatic carbocycles. The fraction of sp³-hybridized carbons (Fsp3) is 0.533. The molecule has 1 aromatic heterocycles. The van der Waals surface area contributed by atoms with Crippen LogP contribution in [0.5, 0.6) is 0 Å². The number of pyridine rings is 1. The maximum atomic E-state index is 12.2. The molecule has 6 nitrogen and oxygen atoms in total. The zero-order chi connectivity index (χ0) is 15.2. The Bertz CT molecular complexity index is 484. The predicted octanol–water partition coefficient (Wildman–Crippen LogP) is -0.143. The summed E-state index contributed by atoms with van der Waals surface area (Å²) in [4.78, 5) is 33.6. The van der Waals surface area contributed by atoms with Gasteiger partial charge in [0.25, 0.3) is 0 Å². The topological polar surface area (TPSA) is 56.8 Å². The molecule has 21 heavy (non-hydrogen) atoms. The van der Waals surface area contributed by atoms with E-state index in [4.69, 9.17) is 0 Å². The van der Waals surface area contributed by atoms with Crippen LogP contribution in [0.1, 0.15) is 5.56 Å². The first-order chi connectivity index (χ1) is 10.1. The number of hydrogen-bond donors (Lipinski definition) is 0. The molecule has 0 aromatic carbocycles. The number of amides is 2. The summed E-state index contributed by atoms with van der Waals surface area (Å²) >= 11 is 0. The van der Waals surface area contributed by atoms with Crippen LogP contribution in [0.4, 0.5) is 0 Å². The number of carbonyl (C=O) groups excluding carboxylic acids is 2. The average molecular weight is 290 g/mol. The van der Waals surface area contributed by atoms with E-state index in [1.807, 2.05) is 19.2 Å². The molecular formula is C15H22N4O2. The molecule has 114 valence electrons. The van der Waals surface area contributed by atoms with Gasteiger partial charge in [0.2, 0.25) is 0 Å². The van der Waals surface area contributed by atoms with Crippen LogP contribution in [0.3, 0.4) is 0 Å². The van der Waals surface area contributed by atoms with E-state index in [2.05, 4.69) is 9.88 Å². The Morgan fingerprint density at radius 3 is 2.43 bits per heavy atom. The number of carbonyl (C=O) groups is 2. The minimum absolute atomic E-state index is 0.389. The Hall–Kier alpha value is -1.95. The molecule has 0 unspecified atom stereocenters. The van der Waals surface area contributed by atoms with Gasteiger partial charge in [-0.05, 0) is 31.2 Å². The van der Waals surface area contributed by atoms with Gasteiger partial charge in [0, 0.05) is 52.2 Å². The molecule has 2 amide bonds. The molecule has 0 N–H and O–H groups in total. The molecule has 1 aliphatic rings. The van der Waals surface area contributed by atoms with Gasteiger partial charge in [-0.2, -0.15) is 0 Å². The van der Waals surface area contributed by atoms with Gasteiger partial charge in [-0.15, -0.1) is 0 Å². The van der Waals surface area contributed by atoms with Crippen LogP contribution in [0.2, 0.25) is 0 Å². The Morgan fingerprint density at radius 1 is 1.19 bits per heavy atom. The largest absolute Gasteiger partial charge is 0.337 e. The quantitative estimate of drug-likeness (QED) is 0.727. The third kappa shape index (κ3) is 4.26. The van der Waals surface area contributed by atoms with Crippen LogP contribution in [0.25, 0.3) is 0 Å². The van der Waals surface area contributed by atoms with Gasteiger partial charge in [-0.25, -0.2) is 0 Å². The van der Waals surface area contributed by atoms with Gasteiger partial charge >= 0.3 is 11.8 Å². The van der Waals surface area contributed by atoms with Crippen molar-refractivity contribution in [2.24, 2.45) is 0 Å². The molecule has 1 aliphatic heterocycles. The zero-order valence-corrected chi connectivity index (χ0v) is 12.7. The second-order valence-corrected chi connectivity index (χ2v) is 5.43. The summed E-state index contributed by atoms with van der Waals surface area (Å²) in [6, 6.07) is 3.83. The lowest BCUT2D eigenvalue weighted by Gasteiger charge is -2.32. The highest BCUT2D eigenvalue weighted by Gasteiger charge is 2.26. The minimum Gasteiger partial charge on any atom is -0.337 e. The molecular weight excluding hydrogens is 268 g/mol. The highest BCUT2D eigenvalue weighted by atomic mass is 16.2. The average Bonchev–Trinajstić information content (AvgIpc) is 2.53. The smallest absolute Gasteiger partial charge is 0.312 e. The summed E-state index contributed by atoms with van der Waals surface area (Å²) in [7, 11) is 3.70. The van der Waals surface area contributed by atoms with E-state index < -0.39 is 5.91 Å². The highest BCUT2D eigenvalue weighted by Crippen LogP contribution is 2.03. The van der Waals surface area contributed by atoms with Crippen molar-refractivity contribution in [2.45, 2.75) is 6.42 Å². The number of rotatable bonds is 3. The first kappa shape index (κ1) is 15.4. The Balaban J connectivity index is 1.82. The van der Waals surface area contributed by atoms with E-state index >= 15 is 0 Å². The van der Waals surface area contributed by atoms with Crippen molar-refractivity contribution >= 4 is 11.8 Å². The number of piperazine rings is 1. The number of hydrogen-bond acceptors (Lipinski definition) is 4. The van der Waals surface area contributed by atoms with Gasteiger partial charge in [0.15, 0.2) is 0 Å². The van der Waals surface area contributed by atoms with Crippen LogP contribution < -0.4 is 0 Å². The fourth-order valence-electron chi connectivity index (χ4n) is 2.26. The Labute approximate surface area is 125 Å². The van der Waals surface area contributed by atoms with Crippen molar-refractivity contribution in [3.63, 3.8) is 0 Å². The second-order valence-electron chi connectivity index (χ2n) is 5.43. The van der Waals surface area contributed by atoms with Crippen LogP contribution >= 0.6 is 0 Å². The molecule has 0 radical (unpaired) electrons. The predicted molar refractivity (Wildman–Crippen MR) is 79.7 cm³/mol. The van der Waals surface area contributed by atoms with Gasteiger partial charge in [0.1, 0.15) is 0 Å². The van der Waals surface area contributed by atoms with Crippen molar-refractivity contribution in [3.05, 3.63) is 30.1 Å². The van der Waals surface area contributed by atoms with E-state index in [0.29, 0.717) is 19.6 Å². The van der Waals surface area contributed by atoms with Crippen molar-refractivity contribution in [1.29, 1.82) is 0 Å². The van der Waals surface area contributed by atoms with E-state index in [0.717, 1.165) is 25.1 Å². The van der Waals surface area contributed by atoms with Crippen molar-refractivity contribution in [1.82, 2.24) is 19.7 Å². The van der Waals surface area contributed by atoms with E-state index in [1.165, 1.54) is 4.90 Å². The number of aromatic nitrogens is 1. The monoisotopic (exact) mass is 290 g/mol. The molecule has 1 saturated heterocycles. The van der Waals surface area contributed by atoms with Crippen molar-refractivity contribution < 1.29 is 9.59 Å². The summed E-state index contributed by atoms with van der Waals surface area (Å²) in [5.41, 5.74) is 1.11. The summed E-state index contributed by atoms with van der Waals surface area (Å²) < 4.78 is 0. The van der Waals surface area contributed by atoms with Gasteiger partial charge in [-0.1, -0.05) is 0 Å². The lowest BCUT2D eigenvalue weighted by atomic mass is 10.2. The minimum atomic E-state index is -0.423. The first-order valence-electron chi connectivity index (χ1n) is 7.19. The number of nitrogens with zero attached hydrogens (tertiary/aromatic N) is 4. The van der Waals surface area contributed by atoms with Crippen LogP contribution in [0.15, 0.2) is 24.5 Å². The normalized spacial score (nSPS) is 15.8. The maximum absolute atomic E-state index is 12.2. The van der Waals surface area contributed by atoms with Crippen LogP contribution in [-0.4, -0.2) is 78.3 Å².